The molecule has 0 aliphatic carbocycles. The quantitative estimate of drug-likeness (QED) is 0.643. The summed E-state index contributed by atoms with van der Waals surface area (Å²) in [5.41, 5.74) is 1.88. The maximum atomic E-state index is 12.3. The highest BCUT2D eigenvalue weighted by molar-refractivity contribution is 5.88. The van der Waals surface area contributed by atoms with Gasteiger partial charge in [-0.15, -0.1) is 0 Å². The minimum absolute atomic E-state index is 0.261. The van der Waals surface area contributed by atoms with Gasteiger partial charge < -0.3 is 14.8 Å². The van der Waals surface area contributed by atoms with Crippen molar-refractivity contribution in [3.63, 3.8) is 0 Å². The molecule has 25 heavy (non-hydrogen) atoms. The number of rotatable bonds is 6. The summed E-state index contributed by atoms with van der Waals surface area (Å²) in [6.07, 6.45) is 1.50. The van der Waals surface area contributed by atoms with Crippen molar-refractivity contribution in [1.82, 2.24) is 15.1 Å². The maximum Gasteiger partial charge on any atom is 0.321 e. The van der Waals surface area contributed by atoms with Crippen molar-refractivity contribution >= 4 is 11.8 Å². The molecule has 3 rings (SSSR count). The average Bonchev–Trinajstić information content (AvgIpc) is 3.24. The number of aliphatic hydroxyl groups is 1. The fourth-order valence-electron chi connectivity index (χ4n) is 2.53. The van der Waals surface area contributed by atoms with E-state index in [1.54, 1.807) is 22.9 Å². The summed E-state index contributed by atoms with van der Waals surface area (Å²) in [6, 6.07) is 14.0. The van der Waals surface area contributed by atoms with Gasteiger partial charge in [-0.3, -0.25) is 5.32 Å². The maximum absolute atomic E-state index is 12.3. The van der Waals surface area contributed by atoms with E-state index >= 15 is 0 Å². The van der Waals surface area contributed by atoms with Crippen LogP contribution in [0, 0.1) is 6.92 Å². The number of furan rings is 1. The third-order valence-corrected chi connectivity index (χ3v) is 3.69. The van der Waals surface area contributed by atoms with Crippen LogP contribution in [-0.4, -0.2) is 27.5 Å². The van der Waals surface area contributed by atoms with Gasteiger partial charge in [-0.2, -0.15) is 5.10 Å². The number of aliphatic hydroxyl groups excluding tert-OH is 1. The molecule has 0 aliphatic rings. The van der Waals surface area contributed by atoms with Gasteiger partial charge in [-0.05, 0) is 24.6 Å². The predicted octanol–water partition coefficient (Wildman–Crippen LogP) is 2.69. The highest BCUT2D eigenvalue weighted by Gasteiger charge is 2.17. The first-order chi connectivity index (χ1) is 12.2. The lowest BCUT2D eigenvalue weighted by Crippen LogP contribution is -2.34. The normalized spacial score (nSPS) is 11.9. The monoisotopic (exact) mass is 340 g/mol. The van der Waals surface area contributed by atoms with Crippen LogP contribution in [0.4, 0.5) is 10.6 Å². The number of carbonyl (C=O) groups excluding carboxylic acids is 1. The Hall–Kier alpha value is -3.06. The molecule has 0 radical (unpaired) electrons. The van der Waals surface area contributed by atoms with E-state index in [1.807, 2.05) is 37.3 Å². The Morgan fingerprint density at radius 3 is 2.76 bits per heavy atom. The predicted molar refractivity (Wildman–Crippen MR) is 93.2 cm³/mol. The van der Waals surface area contributed by atoms with E-state index in [0.29, 0.717) is 18.1 Å². The van der Waals surface area contributed by atoms with Crippen molar-refractivity contribution < 1.29 is 14.3 Å². The molecule has 3 N–H and O–H groups in total. The lowest BCUT2D eigenvalue weighted by Gasteiger charge is -2.15. The Balaban J connectivity index is 1.69. The second-order valence-electron chi connectivity index (χ2n) is 5.66. The first-order valence-corrected chi connectivity index (χ1v) is 7.96. The smallest absolute Gasteiger partial charge is 0.321 e. The number of urea groups is 1. The van der Waals surface area contributed by atoms with Crippen LogP contribution in [0.5, 0.6) is 0 Å². The number of nitrogens with zero attached hydrogens (tertiary/aromatic N) is 2. The number of aryl methyl sites for hydroxylation is 1. The second-order valence-corrected chi connectivity index (χ2v) is 5.66. The van der Waals surface area contributed by atoms with Crippen LogP contribution in [-0.2, 0) is 6.54 Å². The number of hydrogen-bond acceptors (Lipinski definition) is 4. The Bertz CT molecular complexity index is 812. The molecule has 2 amide bonds. The molecule has 0 fully saturated rings. The summed E-state index contributed by atoms with van der Waals surface area (Å²) in [5.74, 6) is 1.07. The van der Waals surface area contributed by atoms with E-state index in [-0.39, 0.29) is 6.61 Å². The molecule has 130 valence electrons. The third-order valence-electron chi connectivity index (χ3n) is 3.69. The molecule has 0 saturated heterocycles. The number of carbonyl (C=O) groups is 1. The Kier molecular flexibility index (Phi) is 5.15. The molecule has 7 heteroatoms. The molecule has 3 aromatic rings. The van der Waals surface area contributed by atoms with E-state index in [1.165, 1.54) is 6.26 Å². The minimum atomic E-state index is -0.610. The fourth-order valence-corrected chi connectivity index (χ4v) is 2.53. The minimum Gasteiger partial charge on any atom is -0.467 e. The number of nitrogens with one attached hydrogen (secondary N) is 2. The molecule has 1 aromatic carbocycles. The van der Waals surface area contributed by atoms with Crippen LogP contribution in [0.2, 0.25) is 0 Å². The summed E-state index contributed by atoms with van der Waals surface area (Å²) in [6.45, 7) is 2.15. The van der Waals surface area contributed by atoms with Gasteiger partial charge in [0.2, 0.25) is 0 Å². The average molecular weight is 340 g/mol. The molecule has 0 aliphatic heterocycles. The zero-order valence-electron chi connectivity index (χ0n) is 13.8. The number of benzene rings is 1. The lowest BCUT2D eigenvalue weighted by molar-refractivity contribution is 0.215. The van der Waals surface area contributed by atoms with Gasteiger partial charge in [0.05, 0.1) is 25.1 Å². The first kappa shape index (κ1) is 16.8. The van der Waals surface area contributed by atoms with Crippen LogP contribution in [0.15, 0.2) is 59.2 Å². The number of anilines is 1. The van der Waals surface area contributed by atoms with Crippen molar-refractivity contribution in [2.75, 3.05) is 11.9 Å². The summed E-state index contributed by atoms with van der Waals surface area (Å²) < 4.78 is 6.95. The third kappa shape index (κ3) is 4.27. The van der Waals surface area contributed by atoms with Crippen molar-refractivity contribution in [2.24, 2.45) is 0 Å². The van der Waals surface area contributed by atoms with Gasteiger partial charge >= 0.3 is 6.03 Å². The topological polar surface area (TPSA) is 92.3 Å². The van der Waals surface area contributed by atoms with E-state index in [4.69, 9.17) is 4.42 Å². The standard InChI is InChI=1S/C18H20N4O3/c1-13-10-17(22(21-13)11-14-6-3-2-4-7-14)20-18(24)19-15(12-23)16-8-5-9-25-16/h2-10,15,23H,11-12H2,1H3,(H2,19,20,24). The molecular formula is C18H20N4O3. The SMILES string of the molecule is Cc1cc(NC(=O)NC(CO)c2ccco2)n(Cc2ccccc2)n1. The Morgan fingerprint density at radius 2 is 2.08 bits per heavy atom. The van der Waals surface area contributed by atoms with Crippen molar-refractivity contribution in [1.29, 1.82) is 0 Å². The fraction of sp³-hybridized carbons (Fsp3) is 0.222. The largest absolute Gasteiger partial charge is 0.467 e. The van der Waals surface area contributed by atoms with Gasteiger partial charge in [0.1, 0.15) is 17.6 Å². The van der Waals surface area contributed by atoms with Gasteiger partial charge in [-0.25, -0.2) is 9.48 Å². The molecule has 7 nitrogen and oxygen atoms in total. The lowest BCUT2D eigenvalue weighted by atomic mass is 10.2. The molecule has 0 bridgehead atoms. The van der Waals surface area contributed by atoms with E-state index < -0.39 is 12.1 Å². The van der Waals surface area contributed by atoms with Crippen LogP contribution < -0.4 is 10.6 Å². The van der Waals surface area contributed by atoms with Crippen LogP contribution in [0.25, 0.3) is 0 Å². The summed E-state index contributed by atoms with van der Waals surface area (Å²) >= 11 is 0. The van der Waals surface area contributed by atoms with Gasteiger partial charge in [0.25, 0.3) is 0 Å². The molecule has 2 aromatic heterocycles. The highest BCUT2D eigenvalue weighted by Crippen LogP contribution is 2.15. The Morgan fingerprint density at radius 1 is 1.28 bits per heavy atom. The molecule has 1 atom stereocenters. The molecular weight excluding hydrogens is 320 g/mol. The Labute approximate surface area is 145 Å². The van der Waals surface area contributed by atoms with Crippen molar-refractivity contribution in [3.05, 3.63) is 71.8 Å². The molecule has 0 saturated carbocycles. The van der Waals surface area contributed by atoms with Crippen molar-refractivity contribution in [2.45, 2.75) is 19.5 Å². The molecule has 0 spiro atoms. The summed E-state index contributed by atoms with van der Waals surface area (Å²) in [5, 5.41) is 19.3. The molecule has 2 heterocycles. The van der Waals surface area contributed by atoms with Gasteiger partial charge in [0.15, 0.2) is 0 Å². The second kappa shape index (κ2) is 7.67. The first-order valence-electron chi connectivity index (χ1n) is 7.96. The van der Waals surface area contributed by atoms with Gasteiger partial charge in [0, 0.05) is 6.07 Å². The summed E-state index contributed by atoms with van der Waals surface area (Å²) in [4.78, 5) is 12.3. The van der Waals surface area contributed by atoms with Gasteiger partial charge in [-0.1, -0.05) is 30.3 Å². The van der Waals surface area contributed by atoms with Crippen LogP contribution >= 0.6 is 0 Å². The van der Waals surface area contributed by atoms with Crippen molar-refractivity contribution in [3.8, 4) is 0 Å². The summed E-state index contributed by atoms with van der Waals surface area (Å²) in [7, 11) is 0. The zero-order chi connectivity index (χ0) is 17.6. The molecule has 1 unspecified atom stereocenters. The number of amides is 2. The number of aromatic nitrogens is 2. The zero-order valence-corrected chi connectivity index (χ0v) is 13.8. The highest BCUT2D eigenvalue weighted by atomic mass is 16.3. The van der Waals surface area contributed by atoms with Crippen LogP contribution in [0.1, 0.15) is 23.1 Å². The van der Waals surface area contributed by atoms with E-state index in [2.05, 4.69) is 15.7 Å². The van der Waals surface area contributed by atoms with E-state index in [9.17, 15) is 9.90 Å². The number of hydrogen-bond donors (Lipinski definition) is 3. The van der Waals surface area contributed by atoms with E-state index in [0.717, 1.165) is 11.3 Å². The van der Waals surface area contributed by atoms with Crippen LogP contribution in [0.3, 0.4) is 0 Å².